The molecule has 0 spiro atoms. The second kappa shape index (κ2) is 3.98. The molecule has 0 radical (unpaired) electrons. The lowest BCUT2D eigenvalue weighted by Gasteiger charge is -2.22. The minimum Gasteiger partial charge on any atom is -0.486 e. The summed E-state index contributed by atoms with van der Waals surface area (Å²) in [6, 6.07) is 1.24. The number of hydrogen-bond donors (Lipinski definition) is 1. The highest BCUT2D eigenvalue weighted by Crippen LogP contribution is 2.42. The van der Waals surface area contributed by atoms with Crippen molar-refractivity contribution in [3.05, 3.63) is 21.9 Å². The number of halogens is 2. The molecule has 0 aliphatic carbocycles. The maximum atomic E-state index is 13.6. The Morgan fingerprint density at radius 2 is 2.13 bits per heavy atom. The van der Waals surface area contributed by atoms with Crippen molar-refractivity contribution < 1.29 is 19.0 Å². The van der Waals surface area contributed by atoms with Crippen molar-refractivity contribution in [3.8, 4) is 11.5 Å². The first-order valence-corrected chi connectivity index (χ1v) is 5.36. The van der Waals surface area contributed by atoms with Gasteiger partial charge in [0.1, 0.15) is 19.0 Å². The minimum absolute atomic E-state index is 0.194. The molecule has 0 saturated heterocycles. The first-order valence-electron chi connectivity index (χ1n) is 4.57. The third-order valence-electron chi connectivity index (χ3n) is 2.18. The molecule has 1 unspecified atom stereocenters. The van der Waals surface area contributed by atoms with Gasteiger partial charge in [0.25, 0.3) is 0 Å². The molecule has 1 aromatic carbocycles. The van der Waals surface area contributed by atoms with E-state index in [0.717, 1.165) is 0 Å². The van der Waals surface area contributed by atoms with Crippen LogP contribution in [-0.4, -0.2) is 18.3 Å². The summed E-state index contributed by atoms with van der Waals surface area (Å²) in [6.07, 6.45) is -0.893. The van der Waals surface area contributed by atoms with Crippen LogP contribution in [0.4, 0.5) is 4.39 Å². The van der Waals surface area contributed by atoms with Gasteiger partial charge >= 0.3 is 0 Å². The lowest BCUT2D eigenvalue weighted by molar-refractivity contribution is 0.164. The fourth-order valence-corrected chi connectivity index (χ4v) is 2.34. The number of hydrogen-bond acceptors (Lipinski definition) is 3. The van der Waals surface area contributed by atoms with Gasteiger partial charge in [-0.05, 0) is 22.9 Å². The summed E-state index contributed by atoms with van der Waals surface area (Å²) in [5, 5.41) is 9.42. The maximum Gasteiger partial charge on any atom is 0.176 e. The van der Waals surface area contributed by atoms with Gasteiger partial charge in [-0.25, -0.2) is 4.39 Å². The Morgan fingerprint density at radius 3 is 2.80 bits per heavy atom. The third-order valence-corrected chi connectivity index (χ3v) is 2.97. The van der Waals surface area contributed by atoms with Gasteiger partial charge in [-0.3, -0.25) is 0 Å². The zero-order chi connectivity index (χ0) is 11.0. The minimum atomic E-state index is -0.893. The normalized spacial score (nSPS) is 16.3. The SMILES string of the molecule is CC(O)c1c(F)cc2c(c1Br)OCCO2. The fraction of sp³-hybridized carbons (Fsp3) is 0.400. The number of ether oxygens (including phenoxy) is 2. The van der Waals surface area contributed by atoms with Crippen LogP contribution in [0.5, 0.6) is 11.5 Å². The molecular formula is C10H10BrFO3. The lowest BCUT2D eigenvalue weighted by Crippen LogP contribution is -2.17. The second-order valence-corrected chi connectivity index (χ2v) is 4.08. The second-order valence-electron chi connectivity index (χ2n) is 3.29. The van der Waals surface area contributed by atoms with Crippen molar-refractivity contribution in [3.63, 3.8) is 0 Å². The highest BCUT2D eigenvalue weighted by atomic mass is 79.9. The van der Waals surface area contributed by atoms with Crippen LogP contribution < -0.4 is 9.47 Å². The van der Waals surface area contributed by atoms with E-state index in [4.69, 9.17) is 9.47 Å². The molecule has 0 amide bonds. The largest absolute Gasteiger partial charge is 0.486 e. The summed E-state index contributed by atoms with van der Waals surface area (Å²) in [4.78, 5) is 0. The van der Waals surface area contributed by atoms with E-state index < -0.39 is 11.9 Å². The summed E-state index contributed by atoms with van der Waals surface area (Å²) in [6.45, 7) is 2.34. The molecule has 82 valence electrons. The Bertz CT molecular complexity index is 393. The van der Waals surface area contributed by atoms with Crippen molar-refractivity contribution >= 4 is 15.9 Å². The van der Waals surface area contributed by atoms with Crippen LogP contribution >= 0.6 is 15.9 Å². The van der Waals surface area contributed by atoms with Crippen molar-refractivity contribution in [1.29, 1.82) is 0 Å². The molecule has 2 rings (SSSR count). The van der Waals surface area contributed by atoms with Gasteiger partial charge in [0.05, 0.1) is 10.6 Å². The molecule has 15 heavy (non-hydrogen) atoms. The summed E-state index contributed by atoms with van der Waals surface area (Å²) < 4.78 is 24.6. The van der Waals surface area contributed by atoms with Crippen LogP contribution in [0.2, 0.25) is 0 Å². The van der Waals surface area contributed by atoms with Crippen molar-refractivity contribution in [2.45, 2.75) is 13.0 Å². The number of aliphatic hydroxyl groups excluding tert-OH is 1. The summed E-state index contributed by atoms with van der Waals surface area (Å²) in [5.74, 6) is 0.328. The molecule has 1 atom stereocenters. The van der Waals surface area contributed by atoms with E-state index in [1.807, 2.05) is 0 Å². The van der Waals surface area contributed by atoms with Gasteiger partial charge in [0.15, 0.2) is 11.5 Å². The van der Waals surface area contributed by atoms with E-state index in [-0.39, 0.29) is 5.56 Å². The third kappa shape index (κ3) is 1.81. The van der Waals surface area contributed by atoms with Gasteiger partial charge in [0.2, 0.25) is 0 Å². The predicted octanol–water partition coefficient (Wildman–Crippen LogP) is 2.41. The van der Waals surface area contributed by atoms with E-state index in [2.05, 4.69) is 15.9 Å². The molecule has 5 heteroatoms. The molecule has 0 bridgehead atoms. The Kier molecular flexibility index (Phi) is 2.84. The van der Waals surface area contributed by atoms with E-state index in [0.29, 0.717) is 29.2 Å². The predicted molar refractivity (Wildman–Crippen MR) is 55.7 cm³/mol. The van der Waals surface area contributed by atoms with Crippen molar-refractivity contribution in [1.82, 2.24) is 0 Å². The molecule has 0 saturated carbocycles. The van der Waals surface area contributed by atoms with Crippen LogP contribution in [0.15, 0.2) is 10.5 Å². The molecule has 3 nitrogen and oxygen atoms in total. The first kappa shape index (κ1) is 10.7. The summed E-state index contributed by atoms with van der Waals surface area (Å²) in [5.41, 5.74) is 0.194. The quantitative estimate of drug-likeness (QED) is 0.856. The smallest absolute Gasteiger partial charge is 0.176 e. The Labute approximate surface area is 94.9 Å². The monoisotopic (exact) mass is 276 g/mol. The number of fused-ring (bicyclic) bond motifs is 1. The van der Waals surface area contributed by atoms with E-state index >= 15 is 0 Å². The fourth-order valence-electron chi connectivity index (χ4n) is 1.51. The summed E-state index contributed by atoms with van der Waals surface area (Å²) in [7, 11) is 0. The Morgan fingerprint density at radius 1 is 1.47 bits per heavy atom. The Hall–Kier alpha value is -0.810. The van der Waals surface area contributed by atoms with Crippen LogP contribution in [-0.2, 0) is 0 Å². The lowest BCUT2D eigenvalue weighted by atomic mass is 10.1. The van der Waals surface area contributed by atoms with E-state index in [1.54, 1.807) is 0 Å². The molecule has 1 heterocycles. The zero-order valence-electron chi connectivity index (χ0n) is 8.09. The molecular weight excluding hydrogens is 267 g/mol. The standard InChI is InChI=1S/C10H10BrFO3/c1-5(13)8-6(12)4-7-10(9(8)11)15-3-2-14-7/h4-5,13H,2-3H2,1H3. The van der Waals surface area contributed by atoms with Gasteiger partial charge in [-0.2, -0.15) is 0 Å². The highest BCUT2D eigenvalue weighted by molar-refractivity contribution is 9.10. The molecule has 1 aliphatic rings. The summed E-state index contributed by atoms with van der Waals surface area (Å²) >= 11 is 3.21. The average Bonchev–Trinajstić information content (AvgIpc) is 2.17. The van der Waals surface area contributed by atoms with Crippen LogP contribution in [0.1, 0.15) is 18.6 Å². The van der Waals surface area contributed by atoms with E-state index in [9.17, 15) is 9.50 Å². The van der Waals surface area contributed by atoms with Gasteiger partial charge in [-0.1, -0.05) is 0 Å². The topological polar surface area (TPSA) is 38.7 Å². The number of benzene rings is 1. The van der Waals surface area contributed by atoms with Gasteiger partial charge < -0.3 is 14.6 Å². The van der Waals surface area contributed by atoms with Crippen LogP contribution in [0.25, 0.3) is 0 Å². The molecule has 1 N–H and O–H groups in total. The average molecular weight is 277 g/mol. The van der Waals surface area contributed by atoms with Crippen molar-refractivity contribution in [2.24, 2.45) is 0 Å². The molecule has 1 aliphatic heterocycles. The maximum absolute atomic E-state index is 13.6. The Balaban J connectivity index is 2.59. The van der Waals surface area contributed by atoms with Crippen LogP contribution in [0, 0.1) is 5.82 Å². The van der Waals surface area contributed by atoms with E-state index in [1.165, 1.54) is 13.0 Å². The van der Waals surface area contributed by atoms with Crippen molar-refractivity contribution in [2.75, 3.05) is 13.2 Å². The molecule has 0 fully saturated rings. The number of aliphatic hydroxyl groups is 1. The van der Waals surface area contributed by atoms with Gasteiger partial charge in [-0.15, -0.1) is 0 Å². The van der Waals surface area contributed by atoms with Crippen LogP contribution in [0.3, 0.4) is 0 Å². The highest BCUT2D eigenvalue weighted by Gasteiger charge is 2.23. The first-order chi connectivity index (χ1) is 7.11. The molecule has 1 aromatic rings. The zero-order valence-corrected chi connectivity index (χ0v) is 9.67. The number of rotatable bonds is 1. The van der Waals surface area contributed by atoms with Gasteiger partial charge in [0, 0.05) is 11.6 Å². The molecule has 0 aromatic heterocycles.